The van der Waals surface area contributed by atoms with Crippen LogP contribution in [0.15, 0.2) is 59.6 Å². The van der Waals surface area contributed by atoms with Gasteiger partial charge >= 0.3 is 6.03 Å². The Morgan fingerprint density at radius 2 is 1.67 bits per heavy atom. The molecule has 2 aromatic carbocycles. The van der Waals surface area contributed by atoms with E-state index in [9.17, 15) is 4.79 Å². The number of hydrogen-bond donors (Lipinski definition) is 2. The molecule has 0 bridgehead atoms. The van der Waals surface area contributed by atoms with E-state index in [4.69, 9.17) is 11.6 Å². The van der Waals surface area contributed by atoms with E-state index in [1.807, 2.05) is 73.6 Å². The van der Waals surface area contributed by atoms with E-state index in [1.54, 1.807) is 11.9 Å². The summed E-state index contributed by atoms with van der Waals surface area (Å²) in [5.41, 5.74) is 1.99. The third-order valence-corrected chi connectivity index (χ3v) is 6.70. The highest BCUT2D eigenvalue weighted by Gasteiger charge is 2.27. The molecular weight excluding hydrogens is 434 g/mol. The molecule has 6 nitrogen and oxygen atoms in total. The highest BCUT2D eigenvalue weighted by Crippen LogP contribution is 2.30. The smallest absolute Gasteiger partial charge is 0.324 e. The van der Waals surface area contributed by atoms with E-state index in [2.05, 4.69) is 15.6 Å². The van der Waals surface area contributed by atoms with E-state index in [1.165, 1.54) is 0 Å². The Labute approximate surface area is 203 Å². The van der Waals surface area contributed by atoms with Crippen molar-refractivity contribution in [1.29, 1.82) is 0 Å². The molecule has 33 heavy (non-hydrogen) atoms. The standard InChI is InChI=1S/C26H36ClN5O/c1-28-25(29-2)30-17-20-9-11-21(12-10-20)18-32(19-22-13-15-23(27)16-14-22)26(33)31(3)24-7-5-4-6-8-24/h4-8,13-16,20-21H,9-12,17-19H2,1-3H3,(H2,28,29,30). The minimum atomic E-state index is 0.0257. The fourth-order valence-electron chi connectivity index (χ4n) is 4.44. The number of benzene rings is 2. The number of anilines is 1. The molecule has 0 saturated heterocycles. The van der Waals surface area contributed by atoms with Gasteiger partial charge in [0.05, 0.1) is 0 Å². The Bertz CT molecular complexity index is 895. The molecule has 2 N–H and O–H groups in total. The maximum absolute atomic E-state index is 13.5. The third kappa shape index (κ3) is 7.39. The number of nitrogens with one attached hydrogen (secondary N) is 2. The molecule has 7 heteroatoms. The Hall–Kier alpha value is -2.73. The summed E-state index contributed by atoms with van der Waals surface area (Å²) >= 11 is 6.07. The number of urea groups is 1. The SMILES string of the molecule is CN=C(NC)NCC1CCC(CN(Cc2ccc(Cl)cc2)C(=O)N(C)c2ccccc2)CC1. The van der Waals surface area contributed by atoms with Crippen molar-refractivity contribution in [3.05, 3.63) is 65.2 Å². The van der Waals surface area contributed by atoms with Crippen molar-refractivity contribution in [3.63, 3.8) is 0 Å². The maximum atomic E-state index is 13.5. The van der Waals surface area contributed by atoms with Crippen LogP contribution in [0.1, 0.15) is 31.2 Å². The largest absolute Gasteiger partial charge is 0.359 e. The van der Waals surface area contributed by atoms with Gasteiger partial charge in [-0.1, -0.05) is 41.9 Å². The second-order valence-electron chi connectivity index (χ2n) is 8.77. The van der Waals surface area contributed by atoms with Crippen molar-refractivity contribution in [2.45, 2.75) is 32.2 Å². The van der Waals surface area contributed by atoms with Gasteiger partial charge in [-0.2, -0.15) is 0 Å². The van der Waals surface area contributed by atoms with E-state index in [-0.39, 0.29) is 6.03 Å². The molecule has 0 atom stereocenters. The predicted octanol–water partition coefficient (Wildman–Crippen LogP) is 5.00. The van der Waals surface area contributed by atoms with Crippen LogP contribution in [0, 0.1) is 11.8 Å². The summed E-state index contributed by atoms with van der Waals surface area (Å²) in [6.45, 7) is 2.27. The fourth-order valence-corrected chi connectivity index (χ4v) is 4.57. The minimum absolute atomic E-state index is 0.0257. The Morgan fingerprint density at radius 1 is 1.03 bits per heavy atom. The molecular formula is C26H36ClN5O. The summed E-state index contributed by atoms with van der Waals surface area (Å²) < 4.78 is 0. The first kappa shape index (κ1) is 24.9. The molecule has 3 rings (SSSR count). The number of rotatable bonds is 7. The van der Waals surface area contributed by atoms with Gasteiger partial charge in [0.1, 0.15) is 0 Å². The maximum Gasteiger partial charge on any atom is 0.324 e. The first-order valence-electron chi connectivity index (χ1n) is 11.7. The zero-order valence-corrected chi connectivity index (χ0v) is 20.7. The Morgan fingerprint density at radius 3 is 2.27 bits per heavy atom. The number of guanidine groups is 1. The second-order valence-corrected chi connectivity index (χ2v) is 9.21. The minimum Gasteiger partial charge on any atom is -0.359 e. The summed E-state index contributed by atoms with van der Waals surface area (Å²) in [6, 6.07) is 17.6. The Balaban J connectivity index is 1.63. The van der Waals surface area contributed by atoms with Crippen molar-refractivity contribution >= 4 is 29.3 Å². The van der Waals surface area contributed by atoms with Crippen LogP contribution in [0.25, 0.3) is 0 Å². The summed E-state index contributed by atoms with van der Waals surface area (Å²) in [7, 11) is 5.52. The number of para-hydroxylation sites is 1. The van der Waals surface area contributed by atoms with Crippen LogP contribution < -0.4 is 15.5 Å². The van der Waals surface area contributed by atoms with Gasteiger partial charge in [0, 0.05) is 51.5 Å². The van der Waals surface area contributed by atoms with Crippen LogP contribution in [0.4, 0.5) is 10.5 Å². The van der Waals surface area contributed by atoms with Crippen LogP contribution >= 0.6 is 11.6 Å². The number of nitrogens with zero attached hydrogens (tertiary/aromatic N) is 3. The number of carbonyl (C=O) groups excluding carboxylic acids is 1. The van der Waals surface area contributed by atoms with Gasteiger partial charge < -0.3 is 15.5 Å². The molecule has 0 unspecified atom stereocenters. The van der Waals surface area contributed by atoms with Gasteiger partial charge in [0.15, 0.2) is 5.96 Å². The highest BCUT2D eigenvalue weighted by molar-refractivity contribution is 6.30. The van der Waals surface area contributed by atoms with Crippen LogP contribution in [-0.4, -0.2) is 51.1 Å². The normalized spacial score (nSPS) is 18.5. The summed E-state index contributed by atoms with van der Waals surface area (Å²) in [5, 5.41) is 7.17. The molecule has 0 radical (unpaired) electrons. The molecule has 1 fully saturated rings. The molecule has 1 aliphatic rings. The molecule has 2 amide bonds. The Kier molecular flexibility index (Phi) is 9.43. The fraction of sp³-hybridized carbons (Fsp3) is 0.462. The van der Waals surface area contributed by atoms with E-state index >= 15 is 0 Å². The van der Waals surface area contributed by atoms with Crippen molar-refractivity contribution in [1.82, 2.24) is 15.5 Å². The molecule has 0 aliphatic heterocycles. The average molecular weight is 470 g/mol. The molecule has 1 aliphatic carbocycles. The van der Waals surface area contributed by atoms with Gasteiger partial charge in [0.25, 0.3) is 0 Å². The number of halogens is 1. The lowest BCUT2D eigenvalue weighted by Gasteiger charge is -2.35. The zero-order valence-electron chi connectivity index (χ0n) is 19.9. The molecule has 0 aromatic heterocycles. The summed E-state index contributed by atoms with van der Waals surface area (Å²) in [6.07, 6.45) is 4.58. The van der Waals surface area contributed by atoms with Crippen molar-refractivity contribution < 1.29 is 4.79 Å². The van der Waals surface area contributed by atoms with Gasteiger partial charge in [0.2, 0.25) is 0 Å². The number of amides is 2. The highest BCUT2D eigenvalue weighted by atomic mass is 35.5. The van der Waals surface area contributed by atoms with Crippen molar-refractivity contribution in [3.8, 4) is 0 Å². The zero-order chi connectivity index (χ0) is 23.6. The number of aliphatic imine (C=N–C) groups is 1. The monoisotopic (exact) mass is 469 g/mol. The van der Waals surface area contributed by atoms with E-state index in [0.717, 1.165) is 56.0 Å². The topological polar surface area (TPSA) is 60.0 Å². The average Bonchev–Trinajstić information content (AvgIpc) is 2.86. The molecule has 0 spiro atoms. The quantitative estimate of drug-likeness (QED) is 0.443. The van der Waals surface area contributed by atoms with E-state index in [0.29, 0.717) is 23.4 Å². The lowest BCUT2D eigenvalue weighted by molar-refractivity contribution is 0.172. The molecule has 0 heterocycles. The summed E-state index contributed by atoms with van der Waals surface area (Å²) in [4.78, 5) is 21.4. The van der Waals surface area contributed by atoms with Gasteiger partial charge in [-0.15, -0.1) is 0 Å². The van der Waals surface area contributed by atoms with Crippen LogP contribution in [0.2, 0.25) is 5.02 Å². The molecule has 1 saturated carbocycles. The van der Waals surface area contributed by atoms with Gasteiger partial charge in [-0.05, 0) is 67.3 Å². The van der Waals surface area contributed by atoms with Gasteiger partial charge in [-0.25, -0.2) is 4.79 Å². The van der Waals surface area contributed by atoms with E-state index < -0.39 is 0 Å². The van der Waals surface area contributed by atoms with Crippen molar-refractivity contribution in [2.75, 3.05) is 39.1 Å². The lowest BCUT2D eigenvalue weighted by atomic mass is 9.81. The predicted molar refractivity (Wildman–Crippen MR) is 138 cm³/mol. The van der Waals surface area contributed by atoms with Crippen molar-refractivity contribution in [2.24, 2.45) is 16.8 Å². The van der Waals surface area contributed by atoms with Crippen LogP contribution in [0.5, 0.6) is 0 Å². The van der Waals surface area contributed by atoms with Crippen LogP contribution in [0.3, 0.4) is 0 Å². The first-order chi connectivity index (χ1) is 16.0. The number of hydrogen-bond acceptors (Lipinski definition) is 2. The lowest BCUT2D eigenvalue weighted by Crippen LogP contribution is -2.44. The molecule has 178 valence electrons. The summed E-state index contributed by atoms with van der Waals surface area (Å²) in [5.74, 6) is 1.98. The molecule has 2 aromatic rings. The van der Waals surface area contributed by atoms with Gasteiger partial charge in [-0.3, -0.25) is 9.89 Å². The second kappa shape index (κ2) is 12.5. The third-order valence-electron chi connectivity index (χ3n) is 6.45. The number of carbonyl (C=O) groups is 1. The first-order valence-corrected chi connectivity index (χ1v) is 12.1. The van der Waals surface area contributed by atoms with Crippen LogP contribution in [-0.2, 0) is 6.54 Å².